The summed E-state index contributed by atoms with van der Waals surface area (Å²) >= 11 is 1.77. The molecule has 5 heteroatoms. The minimum Gasteiger partial charge on any atom is -0.330 e. The lowest BCUT2D eigenvalue weighted by Gasteiger charge is -2.20. The minimum atomic E-state index is 0.551. The van der Waals surface area contributed by atoms with Gasteiger partial charge < -0.3 is 5.73 Å². The number of benzene rings is 1. The van der Waals surface area contributed by atoms with Crippen LogP contribution in [0.4, 0.5) is 0 Å². The standard InChI is InChI=1S/C15H20N4S/c1-20-13-5-3-2-4-12(13)8-14-17-15-7-6-11(9-16)10-19(15)18-14/h2-5,11H,6-10,16H2,1H3. The second-order valence-electron chi connectivity index (χ2n) is 5.26. The number of rotatable bonds is 4. The topological polar surface area (TPSA) is 56.7 Å². The van der Waals surface area contributed by atoms with E-state index in [0.717, 1.165) is 44.0 Å². The molecular formula is C15H20N4S. The van der Waals surface area contributed by atoms with Gasteiger partial charge in [0.1, 0.15) is 5.82 Å². The van der Waals surface area contributed by atoms with Crippen LogP contribution in [0.1, 0.15) is 23.6 Å². The first-order valence-corrected chi connectivity index (χ1v) is 8.27. The number of hydrogen-bond donors (Lipinski definition) is 1. The van der Waals surface area contributed by atoms with Crippen LogP contribution in [0, 0.1) is 5.92 Å². The zero-order chi connectivity index (χ0) is 13.9. The molecule has 2 heterocycles. The van der Waals surface area contributed by atoms with Crippen molar-refractivity contribution in [3.63, 3.8) is 0 Å². The lowest BCUT2D eigenvalue weighted by atomic mass is 10.0. The van der Waals surface area contributed by atoms with Gasteiger partial charge in [-0.25, -0.2) is 9.67 Å². The van der Waals surface area contributed by atoms with E-state index in [2.05, 4.69) is 40.3 Å². The summed E-state index contributed by atoms with van der Waals surface area (Å²) in [6.07, 6.45) is 5.05. The first-order valence-electron chi connectivity index (χ1n) is 7.04. The molecule has 0 amide bonds. The Balaban J connectivity index is 1.81. The lowest BCUT2D eigenvalue weighted by Crippen LogP contribution is -2.27. The number of fused-ring (bicyclic) bond motifs is 1. The molecule has 4 nitrogen and oxygen atoms in total. The molecule has 0 radical (unpaired) electrons. The van der Waals surface area contributed by atoms with Gasteiger partial charge in [-0.1, -0.05) is 18.2 Å². The number of nitrogens with two attached hydrogens (primary N) is 1. The van der Waals surface area contributed by atoms with Crippen LogP contribution < -0.4 is 5.73 Å². The molecule has 1 aliphatic rings. The van der Waals surface area contributed by atoms with Crippen LogP contribution in [0.5, 0.6) is 0 Å². The van der Waals surface area contributed by atoms with Gasteiger partial charge in [-0.2, -0.15) is 5.10 Å². The van der Waals surface area contributed by atoms with Gasteiger partial charge in [-0.05, 0) is 36.8 Å². The Morgan fingerprint density at radius 3 is 3.05 bits per heavy atom. The molecule has 2 N–H and O–H groups in total. The molecule has 106 valence electrons. The van der Waals surface area contributed by atoms with Crippen molar-refractivity contribution >= 4 is 11.8 Å². The van der Waals surface area contributed by atoms with Crippen molar-refractivity contribution in [2.24, 2.45) is 11.7 Å². The fourth-order valence-electron chi connectivity index (χ4n) is 2.71. The second kappa shape index (κ2) is 5.97. The van der Waals surface area contributed by atoms with Crippen LogP contribution in [0.3, 0.4) is 0 Å². The summed E-state index contributed by atoms with van der Waals surface area (Å²) < 4.78 is 2.05. The Morgan fingerprint density at radius 1 is 1.40 bits per heavy atom. The third-order valence-electron chi connectivity index (χ3n) is 3.87. The van der Waals surface area contributed by atoms with Crippen molar-refractivity contribution in [2.45, 2.75) is 30.7 Å². The molecule has 0 saturated heterocycles. The molecule has 0 bridgehead atoms. The smallest absolute Gasteiger partial charge is 0.155 e. The third kappa shape index (κ3) is 2.74. The molecule has 1 aromatic heterocycles. The van der Waals surface area contributed by atoms with E-state index in [1.165, 1.54) is 10.5 Å². The van der Waals surface area contributed by atoms with Gasteiger partial charge in [0.25, 0.3) is 0 Å². The summed E-state index contributed by atoms with van der Waals surface area (Å²) in [4.78, 5) is 6.00. The monoisotopic (exact) mass is 288 g/mol. The van der Waals surface area contributed by atoms with Crippen LogP contribution in [0.15, 0.2) is 29.2 Å². The first kappa shape index (κ1) is 13.6. The molecule has 0 aliphatic carbocycles. The molecule has 3 rings (SSSR count). The summed E-state index contributed by atoms with van der Waals surface area (Å²) in [5.74, 6) is 2.60. The molecule has 2 aromatic rings. The van der Waals surface area contributed by atoms with E-state index in [9.17, 15) is 0 Å². The Labute approximate surface area is 123 Å². The normalized spacial score (nSPS) is 18.0. The predicted molar refractivity (Wildman–Crippen MR) is 81.9 cm³/mol. The van der Waals surface area contributed by atoms with E-state index in [4.69, 9.17) is 10.7 Å². The Morgan fingerprint density at radius 2 is 2.25 bits per heavy atom. The zero-order valence-electron chi connectivity index (χ0n) is 11.7. The lowest BCUT2D eigenvalue weighted by molar-refractivity contribution is 0.349. The quantitative estimate of drug-likeness (QED) is 0.876. The Hall–Kier alpha value is -1.33. The summed E-state index contributed by atoms with van der Waals surface area (Å²) in [6.45, 7) is 1.66. The number of aryl methyl sites for hydroxylation is 1. The maximum absolute atomic E-state index is 5.76. The number of thioether (sulfide) groups is 1. The maximum atomic E-state index is 5.76. The van der Waals surface area contributed by atoms with E-state index in [-0.39, 0.29) is 0 Å². The van der Waals surface area contributed by atoms with Crippen molar-refractivity contribution in [3.05, 3.63) is 41.5 Å². The van der Waals surface area contributed by atoms with Gasteiger partial charge >= 0.3 is 0 Å². The molecule has 20 heavy (non-hydrogen) atoms. The van der Waals surface area contributed by atoms with Gasteiger partial charge in [0.2, 0.25) is 0 Å². The van der Waals surface area contributed by atoms with E-state index in [0.29, 0.717) is 5.92 Å². The van der Waals surface area contributed by atoms with E-state index < -0.39 is 0 Å². The largest absolute Gasteiger partial charge is 0.330 e. The van der Waals surface area contributed by atoms with Crippen molar-refractivity contribution < 1.29 is 0 Å². The third-order valence-corrected chi connectivity index (χ3v) is 4.71. The molecular weight excluding hydrogens is 268 g/mol. The minimum absolute atomic E-state index is 0.551. The van der Waals surface area contributed by atoms with Crippen molar-refractivity contribution in [1.82, 2.24) is 14.8 Å². The van der Waals surface area contributed by atoms with Crippen molar-refractivity contribution in [2.75, 3.05) is 12.8 Å². The molecule has 0 saturated carbocycles. The average molecular weight is 288 g/mol. The van der Waals surface area contributed by atoms with Gasteiger partial charge in [0, 0.05) is 24.3 Å². The second-order valence-corrected chi connectivity index (χ2v) is 6.10. The maximum Gasteiger partial charge on any atom is 0.155 e. The highest BCUT2D eigenvalue weighted by Crippen LogP contribution is 2.23. The van der Waals surface area contributed by atoms with Gasteiger partial charge in [-0.15, -0.1) is 11.8 Å². The van der Waals surface area contributed by atoms with E-state index >= 15 is 0 Å². The molecule has 0 spiro atoms. The van der Waals surface area contributed by atoms with Crippen LogP contribution in [0.25, 0.3) is 0 Å². The summed E-state index contributed by atoms with van der Waals surface area (Å²) in [5, 5.41) is 4.66. The zero-order valence-corrected chi connectivity index (χ0v) is 12.6. The predicted octanol–water partition coefficient (Wildman–Crippen LogP) is 2.11. The molecule has 1 unspecified atom stereocenters. The van der Waals surface area contributed by atoms with Crippen LogP contribution in [-0.4, -0.2) is 27.6 Å². The van der Waals surface area contributed by atoms with Gasteiger partial charge in [0.15, 0.2) is 5.82 Å². The number of hydrogen-bond acceptors (Lipinski definition) is 4. The highest BCUT2D eigenvalue weighted by atomic mass is 32.2. The average Bonchev–Trinajstić information content (AvgIpc) is 2.89. The summed E-state index contributed by atoms with van der Waals surface area (Å²) in [5.41, 5.74) is 7.07. The Bertz CT molecular complexity index is 593. The Kier molecular flexibility index (Phi) is 4.08. The SMILES string of the molecule is CSc1ccccc1Cc1nc2n(n1)CC(CN)CC2. The number of nitrogens with zero attached hydrogens (tertiary/aromatic N) is 3. The van der Waals surface area contributed by atoms with Crippen LogP contribution >= 0.6 is 11.8 Å². The number of aromatic nitrogens is 3. The van der Waals surface area contributed by atoms with E-state index in [1.807, 2.05) is 0 Å². The highest BCUT2D eigenvalue weighted by Gasteiger charge is 2.20. The molecule has 1 aliphatic heterocycles. The first-order chi connectivity index (χ1) is 9.80. The molecule has 0 fully saturated rings. The van der Waals surface area contributed by atoms with Crippen molar-refractivity contribution in [3.8, 4) is 0 Å². The molecule has 1 aromatic carbocycles. The van der Waals surface area contributed by atoms with Gasteiger partial charge in [-0.3, -0.25) is 0 Å². The fourth-order valence-corrected chi connectivity index (χ4v) is 3.33. The molecule has 1 atom stereocenters. The highest BCUT2D eigenvalue weighted by molar-refractivity contribution is 7.98. The van der Waals surface area contributed by atoms with Crippen LogP contribution in [-0.2, 0) is 19.4 Å². The van der Waals surface area contributed by atoms with Gasteiger partial charge in [0.05, 0.1) is 0 Å². The summed E-state index contributed by atoms with van der Waals surface area (Å²) in [6, 6.07) is 8.47. The fraction of sp³-hybridized carbons (Fsp3) is 0.467. The summed E-state index contributed by atoms with van der Waals surface area (Å²) in [7, 11) is 0. The van der Waals surface area contributed by atoms with Crippen molar-refractivity contribution in [1.29, 1.82) is 0 Å². The van der Waals surface area contributed by atoms with E-state index in [1.54, 1.807) is 11.8 Å². The van der Waals surface area contributed by atoms with Crippen LogP contribution in [0.2, 0.25) is 0 Å².